The van der Waals surface area contributed by atoms with Gasteiger partial charge < -0.3 is 0 Å². The van der Waals surface area contributed by atoms with Crippen LogP contribution in [0.3, 0.4) is 0 Å². The fraction of sp³-hybridized carbons (Fsp3) is 0. The lowest BCUT2D eigenvalue weighted by Gasteiger charge is -2.03. The lowest BCUT2D eigenvalue weighted by atomic mass is 10.3. The molecule has 6 heteroatoms. The van der Waals surface area contributed by atoms with E-state index >= 15 is 0 Å². The van der Waals surface area contributed by atoms with E-state index in [4.69, 9.17) is 11.6 Å². The van der Waals surface area contributed by atoms with Gasteiger partial charge in [0.1, 0.15) is 10.7 Å². The Bertz CT molecular complexity index is 416. The van der Waals surface area contributed by atoms with Crippen molar-refractivity contribution in [3.8, 4) is 0 Å². The first-order valence-corrected chi connectivity index (χ1v) is 4.90. The van der Waals surface area contributed by atoms with Gasteiger partial charge in [0.15, 0.2) is 0 Å². The molecule has 1 radical (unpaired) electrons. The van der Waals surface area contributed by atoms with Crippen molar-refractivity contribution in [2.75, 3.05) is 0 Å². The topological polar surface area (TPSA) is 43.4 Å². The third-order valence-electron chi connectivity index (χ3n) is 1.34. The molecule has 0 fully saturated rings. The largest absolute Gasteiger partial charge is 0.298 e. The van der Waals surface area contributed by atoms with Crippen LogP contribution in [-0.4, -0.2) is 8.42 Å². The molecule has 0 aliphatic rings. The number of halogens is 2. The highest BCUT2D eigenvalue weighted by molar-refractivity contribution is 7.87. The fourth-order valence-electron chi connectivity index (χ4n) is 0.741. The van der Waals surface area contributed by atoms with Crippen LogP contribution in [0, 0.1) is 12.9 Å². The zero-order valence-corrected chi connectivity index (χ0v) is 7.90. The van der Waals surface area contributed by atoms with Gasteiger partial charge in [-0.1, -0.05) is 17.7 Å². The van der Waals surface area contributed by atoms with Crippen molar-refractivity contribution in [3.63, 3.8) is 0 Å². The maximum absolute atomic E-state index is 12.8. The minimum absolute atomic E-state index is 0.427. The van der Waals surface area contributed by atoms with Gasteiger partial charge in [-0.05, 0) is 12.1 Å². The minimum Gasteiger partial charge on any atom is -0.264 e. The summed E-state index contributed by atoms with van der Waals surface area (Å²) >= 11 is 5.39. The maximum Gasteiger partial charge on any atom is 0.298 e. The van der Waals surface area contributed by atoms with Gasteiger partial charge in [-0.3, -0.25) is 4.18 Å². The molecule has 0 N–H and O–H groups in total. The summed E-state index contributed by atoms with van der Waals surface area (Å²) in [6.07, 6.45) is 0. The van der Waals surface area contributed by atoms with Crippen LogP contribution in [0.15, 0.2) is 23.1 Å². The molecule has 0 atom stereocenters. The third kappa shape index (κ3) is 1.99. The van der Waals surface area contributed by atoms with Crippen molar-refractivity contribution in [1.29, 1.82) is 0 Å². The molecular formula is C7H5ClFO3S. The number of benzene rings is 1. The molecule has 0 spiro atoms. The summed E-state index contributed by atoms with van der Waals surface area (Å²) in [6, 6.07) is 3.39. The first kappa shape index (κ1) is 10.4. The predicted octanol–water partition coefficient (Wildman–Crippen LogP) is 1.98. The van der Waals surface area contributed by atoms with Gasteiger partial charge in [0.05, 0.1) is 12.1 Å². The SMILES string of the molecule is [CH2]OS(=O)(=O)c1cccc(F)c1Cl. The van der Waals surface area contributed by atoms with Gasteiger partial charge in [-0.15, -0.1) is 0 Å². The smallest absolute Gasteiger partial charge is 0.264 e. The summed E-state index contributed by atoms with van der Waals surface area (Å²) in [6.45, 7) is 0. The van der Waals surface area contributed by atoms with E-state index in [1.165, 1.54) is 6.07 Å². The lowest BCUT2D eigenvalue weighted by molar-refractivity contribution is 0.437. The van der Waals surface area contributed by atoms with Gasteiger partial charge >= 0.3 is 0 Å². The fourth-order valence-corrected chi connectivity index (χ4v) is 1.84. The molecule has 3 nitrogen and oxygen atoms in total. The molecule has 0 aliphatic carbocycles. The number of hydrogen-bond donors (Lipinski definition) is 0. The van der Waals surface area contributed by atoms with E-state index in [1.807, 2.05) is 0 Å². The average molecular weight is 224 g/mol. The molecule has 0 amide bonds. The van der Waals surface area contributed by atoms with Crippen LogP contribution >= 0.6 is 11.6 Å². The van der Waals surface area contributed by atoms with Crippen LogP contribution in [0.1, 0.15) is 0 Å². The zero-order valence-electron chi connectivity index (χ0n) is 6.33. The van der Waals surface area contributed by atoms with E-state index in [9.17, 15) is 12.8 Å². The van der Waals surface area contributed by atoms with E-state index in [-0.39, 0.29) is 0 Å². The second-order valence-corrected chi connectivity index (χ2v) is 4.09. The molecule has 1 rings (SSSR count). The minimum atomic E-state index is -4.03. The van der Waals surface area contributed by atoms with Crippen molar-refractivity contribution in [2.45, 2.75) is 4.90 Å². The highest BCUT2D eigenvalue weighted by Crippen LogP contribution is 2.25. The van der Waals surface area contributed by atoms with Crippen LogP contribution < -0.4 is 0 Å². The van der Waals surface area contributed by atoms with Crippen LogP contribution in [0.4, 0.5) is 4.39 Å². The summed E-state index contributed by atoms with van der Waals surface area (Å²) in [5.74, 6) is -0.820. The van der Waals surface area contributed by atoms with Crippen LogP contribution in [0.25, 0.3) is 0 Å². The van der Waals surface area contributed by atoms with E-state index in [1.54, 1.807) is 0 Å². The van der Waals surface area contributed by atoms with Crippen molar-refractivity contribution in [1.82, 2.24) is 0 Å². The van der Waals surface area contributed by atoms with Crippen molar-refractivity contribution < 1.29 is 17.0 Å². The molecule has 13 heavy (non-hydrogen) atoms. The Kier molecular flexibility index (Phi) is 2.90. The lowest BCUT2D eigenvalue weighted by Crippen LogP contribution is -2.03. The normalized spacial score (nSPS) is 11.6. The Morgan fingerprint density at radius 2 is 2.08 bits per heavy atom. The molecule has 1 aromatic rings. The van der Waals surface area contributed by atoms with Gasteiger partial charge in [-0.25, -0.2) is 4.39 Å². The second-order valence-electron chi connectivity index (χ2n) is 2.12. The Labute approximate surface area is 80.2 Å². The standard InChI is InChI=1S/C7H5ClFO3S/c1-12-13(10,11)6-4-2-3-5(9)7(6)8/h2-4H,1H2. The summed E-state index contributed by atoms with van der Waals surface area (Å²) in [7, 11) is -1.30. The molecule has 0 aliphatic heterocycles. The Hall–Kier alpha value is -0.650. The van der Waals surface area contributed by atoms with E-state index in [0.717, 1.165) is 12.1 Å². The summed E-state index contributed by atoms with van der Waals surface area (Å²) < 4.78 is 38.8. The number of hydrogen-bond acceptors (Lipinski definition) is 3. The van der Waals surface area contributed by atoms with Gasteiger partial charge in [0.2, 0.25) is 0 Å². The summed E-state index contributed by atoms with van der Waals surface area (Å²) in [4.78, 5) is -0.427. The second kappa shape index (κ2) is 3.61. The summed E-state index contributed by atoms with van der Waals surface area (Å²) in [5.41, 5.74) is 0. The predicted molar refractivity (Wildman–Crippen MR) is 45.0 cm³/mol. The van der Waals surface area contributed by atoms with Crippen LogP contribution in [0.2, 0.25) is 5.02 Å². The zero-order chi connectivity index (χ0) is 10.1. The average Bonchev–Trinajstić information content (AvgIpc) is 2.09. The molecular weight excluding hydrogens is 219 g/mol. The molecule has 0 heterocycles. The van der Waals surface area contributed by atoms with Crippen molar-refractivity contribution in [2.24, 2.45) is 0 Å². The van der Waals surface area contributed by atoms with Gasteiger partial charge in [-0.2, -0.15) is 8.42 Å². The molecule has 0 saturated carbocycles. The third-order valence-corrected chi connectivity index (χ3v) is 3.03. The summed E-state index contributed by atoms with van der Waals surface area (Å²) in [5, 5.41) is -0.494. The van der Waals surface area contributed by atoms with Crippen molar-refractivity contribution in [3.05, 3.63) is 36.1 Å². The highest BCUT2D eigenvalue weighted by Gasteiger charge is 2.19. The van der Waals surface area contributed by atoms with Crippen LogP contribution in [-0.2, 0) is 14.3 Å². The molecule has 0 unspecified atom stereocenters. The molecule has 0 bridgehead atoms. The Morgan fingerprint density at radius 3 is 2.62 bits per heavy atom. The van der Waals surface area contributed by atoms with Crippen LogP contribution in [0.5, 0.6) is 0 Å². The van der Waals surface area contributed by atoms with Crippen molar-refractivity contribution >= 4 is 21.7 Å². The van der Waals surface area contributed by atoms with E-state index < -0.39 is 25.9 Å². The van der Waals surface area contributed by atoms with E-state index in [2.05, 4.69) is 11.3 Å². The van der Waals surface area contributed by atoms with Gasteiger partial charge in [0, 0.05) is 0 Å². The Morgan fingerprint density at radius 1 is 1.46 bits per heavy atom. The maximum atomic E-state index is 12.8. The quantitative estimate of drug-likeness (QED) is 0.720. The first-order chi connectivity index (χ1) is 5.99. The monoisotopic (exact) mass is 223 g/mol. The molecule has 0 saturated heterocycles. The number of rotatable bonds is 2. The highest BCUT2D eigenvalue weighted by atomic mass is 35.5. The van der Waals surface area contributed by atoms with Gasteiger partial charge in [0.25, 0.3) is 10.1 Å². The molecule has 0 aromatic heterocycles. The molecule has 1 aromatic carbocycles. The Balaban J connectivity index is 3.40. The molecule has 71 valence electrons. The van der Waals surface area contributed by atoms with E-state index in [0.29, 0.717) is 0 Å². The first-order valence-electron chi connectivity index (χ1n) is 3.11.